The normalized spacial score (nSPS) is 15.7. The third kappa shape index (κ3) is 2.79. The first-order valence-corrected chi connectivity index (χ1v) is 9.74. The molecule has 0 spiro atoms. The molecule has 1 aliphatic heterocycles. The fraction of sp³-hybridized carbons (Fsp3) is 0.0435. The Balaban J connectivity index is 1.84. The second-order valence-corrected chi connectivity index (χ2v) is 7.70. The molecule has 29 heavy (non-hydrogen) atoms. The van der Waals surface area contributed by atoms with Crippen LogP contribution >= 0.6 is 15.9 Å². The predicted molar refractivity (Wildman–Crippen MR) is 112 cm³/mol. The van der Waals surface area contributed by atoms with Gasteiger partial charge in [-0.25, -0.2) is 4.39 Å². The van der Waals surface area contributed by atoms with E-state index in [-0.39, 0.29) is 22.3 Å². The third-order valence-electron chi connectivity index (χ3n) is 5.03. The number of rotatable bonds is 2. The van der Waals surface area contributed by atoms with E-state index in [2.05, 4.69) is 15.9 Å². The summed E-state index contributed by atoms with van der Waals surface area (Å²) in [6.07, 6.45) is 0. The number of hydrogen-bond acceptors (Lipinski definition) is 3. The smallest absolute Gasteiger partial charge is 0.295 e. The van der Waals surface area contributed by atoms with Gasteiger partial charge in [0.25, 0.3) is 5.91 Å². The Morgan fingerprint density at radius 2 is 1.72 bits per heavy atom. The maximum Gasteiger partial charge on any atom is 0.295 e. The molecule has 1 aliphatic rings. The molecule has 0 bridgehead atoms. The fourth-order valence-electron chi connectivity index (χ4n) is 3.79. The maximum atomic E-state index is 13.8. The average Bonchev–Trinajstić information content (AvgIpc) is 3.02. The highest BCUT2D eigenvalue weighted by Gasteiger charge is 2.43. The standard InChI is InChI=1S/C23H13BrFNO3/c24-14-7-4-8-16(11-14)26-20(13-5-2-1-3-6-13)19-21(27)17-12-15(25)9-10-18(17)29-22(19)23(26)28/h1-12,20H. The second kappa shape index (κ2) is 6.67. The summed E-state index contributed by atoms with van der Waals surface area (Å²) in [5.41, 5.74) is 1.40. The topological polar surface area (TPSA) is 50.5 Å². The highest BCUT2D eigenvalue weighted by Crippen LogP contribution is 2.41. The summed E-state index contributed by atoms with van der Waals surface area (Å²) < 4.78 is 20.4. The quantitative estimate of drug-likeness (QED) is 0.409. The summed E-state index contributed by atoms with van der Waals surface area (Å²) in [4.78, 5) is 28.2. The van der Waals surface area contributed by atoms with E-state index in [4.69, 9.17) is 4.42 Å². The molecule has 2 heterocycles. The maximum absolute atomic E-state index is 13.8. The molecule has 1 amide bonds. The van der Waals surface area contributed by atoms with Crippen molar-refractivity contribution in [3.8, 4) is 0 Å². The second-order valence-electron chi connectivity index (χ2n) is 6.78. The summed E-state index contributed by atoms with van der Waals surface area (Å²) >= 11 is 3.43. The van der Waals surface area contributed by atoms with Gasteiger partial charge in [-0.3, -0.25) is 14.5 Å². The zero-order chi connectivity index (χ0) is 20.1. The van der Waals surface area contributed by atoms with Gasteiger partial charge < -0.3 is 4.42 Å². The fourth-order valence-corrected chi connectivity index (χ4v) is 4.18. The lowest BCUT2D eigenvalue weighted by atomic mass is 9.98. The Labute approximate surface area is 173 Å². The molecule has 5 rings (SSSR count). The van der Waals surface area contributed by atoms with E-state index in [9.17, 15) is 14.0 Å². The highest BCUT2D eigenvalue weighted by molar-refractivity contribution is 9.10. The van der Waals surface area contributed by atoms with Crippen molar-refractivity contribution >= 4 is 38.5 Å². The molecule has 0 N–H and O–H groups in total. The number of carbonyl (C=O) groups excluding carboxylic acids is 1. The van der Waals surface area contributed by atoms with Gasteiger partial charge in [0.1, 0.15) is 11.4 Å². The van der Waals surface area contributed by atoms with Crippen molar-refractivity contribution < 1.29 is 13.6 Å². The van der Waals surface area contributed by atoms with E-state index in [1.54, 1.807) is 11.0 Å². The summed E-state index contributed by atoms with van der Waals surface area (Å²) in [6.45, 7) is 0. The molecule has 1 aromatic heterocycles. The lowest BCUT2D eigenvalue weighted by Gasteiger charge is -2.25. The number of nitrogens with zero attached hydrogens (tertiary/aromatic N) is 1. The molecule has 0 fully saturated rings. The Bertz CT molecular complexity index is 1330. The molecule has 0 aliphatic carbocycles. The minimum atomic E-state index is -0.670. The molecular formula is C23H13BrFNO3. The first kappa shape index (κ1) is 17.8. The van der Waals surface area contributed by atoms with Gasteiger partial charge in [-0.05, 0) is 42.0 Å². The van der Waals surface area contributed by atoms with Gasteiger partial charge in [-0.15, -0.1) is 0 Å². The highest BCUT2D eigenvalue weighted by atomic mass is 79.9. The zero-order valence-electron chi connectivity index (χ0n) is 14.9. The summed E-state index contributed by atoms with van der Waals surface area (Å²) in [7, 11) is 0. The van der Waals surface area contributed by atoms with Gasteiger partial charge >= 0.3 is 0 Å². The molecule has 0 saturated carbocycles. The van der Waals surface area contributed by atoms with E-state index >= 15 is 0 Å². The Morgan fingerprint density at radius 1 is 0.931 bits per heavy atom. The van der Waals surface area contributed by atoms with Crippen LogP contribution in [0.4, 0.5) is 10.1 Å². The monoisotopic (exact) mass is 449 g/mol. The molecule has 4 nitrogen and oxygen atoms in total. The number of fused-ring (bicyclic) bond motifs is 2. The Morgan fingerprint density at radius 3 is 2.48 bits per heavy atom. The summed E-state index contributed by atoms with van der Waals surface area (Å²) in [5.74, 6) is -0.951. The van der Waals surface area contributed by atoms with Crippen molar-refractivity contribution in [2.75, 3.05) is 4.90 Å². The van der Waals surface area contributed by atoms with E-state index in [1.165, 1.54) is 12.1 Å². The van der Waals surface area contributed by atoms with Crippen LogP contribution in [0.3, 0.4) is 0 Å². The van der Waals surface area contributed by atoms with Crippen LogP contribution < -0.4 is 10.3 Å². The van der Waals surface area contributed by atoms with E-state index < -0.39 is 23.2 Å². The lowest BCUT2D eigenvalue weighted by Crippen LogP contribution is -2.29. The van der Waals surface area contributed by atoms with E-state index in [1.807, 2.05) is 48.5 Å². The summed E-state index contributed by atoms with van der Waals surface area (Å²) in [5, 5.41) is 0.119. The number of benzene rings is 3. The van der Waals surface area contributed by atoms with Crippen LogP contribution in [0.1, 0.15) is 27.7 Å². The molecule has 0 saturated heterocycles. The SMILES string of the molecule is O=C1c2oc3ccc(F)cc3c(=O)c2C(c2ccccc2)N1c1cccc(Br)c1. The predicted octanol–water partition coefficient (Wildman–Crippen LogP) is 5.44. The first-order chi connectivity index (χ1) is 14.0. The molecule has 3 aromatic carbocycles. The van der Waals surface area contributed by atoms with Crippen molar-refractivity contribution in [2.24, 2.45) is 0 Å². The summed E-state index contributed by atoms with van der Waals surface area (Å²) in [6, 6.07) is 19.6. The van der Waals surface area contributed by atoms with Gasteiger partial charge in [-0.2, -0.15) is 0 Å². The van der Waals surface area contributed by atoms with Gasteiger partial charge in [0.05, 0.1) is 17.0 Å². The van der Waals surface area contributed by atoms with Gasteiger partial charge in [-0.1, -0.05) is 52.3 Å². The molecule has 0 radical (unpaired) electrons. The minimum Gasteiger partial charge on any atom is -0.450 e. The number of amides is 1. The van der Waals surface area contributed by atoms with Crippen molar-refractivity contribution in [1.29, 1.82) is 0 Å². The molecule has 142 valence electrons. The Hall–Kier alpha value is -3.25. The lowest BCUT2D eigenvalue weighted by molar-refractivity contribution is 0.0971. The van der Waals surface area contributed by atoms with Crippen molar-refractivity contribution in [3.63, 3.8) is 0 Å². The van der Waals surface area contributed by atoms with Crippen molar-refractivity contribution in [2.45, 2.75) is 6.04 Å². The van der Waals surface area contributed by atoms with Crippen molar-refractivity contribution in [3.05, 3.63) is 110 Å². The van der Waals surface area contributed by atoms with Crippen LogP contribution in [0, 0.1) is 5.82 Å². The molecule has 4 aromatic rings. The number of halogens is 2. The van der Waals surface area contributed by atoms with Gasteiger partial charge in [0, 0.05) is 10.2 Å². The van der Waals surface area contributed by atoms with Crippen molar-refractivity contribution in [1.82, 2.24) is 0 Å². The average molecular weight is 450 g/mol. The van der Waals surface area contributed by atoms with Crippen LogP contribution in [0.15, 0.2) is 86.5 Å². The molecule has 1 atom stereocenters. The molecule has 1 unspecified atom stereocenters. The van der Waals surface area contributed by atoms with Crippen LogP contribution in [0.5, 0.6) is 0 Å². The van der Waals surface area contributed by atoms with Gasteiger partial charge in [0.2, 0.25) is 5.76 Å². The van der Waals surface area contributed by atoms with Crippen LogP contribution in [-0.2, 0) is 0 Å². The zero-order valence-corrected chi connectivity index (χ0v) is 16.5. The van der Waals surface area contributed by atoms with Gasteiger partial charge in [0.15, 0.2) is 5.43 Å². The van der Waals surface area contributed by atoms with Crippen LogP contribution in [0.25, 0.3) is 11.0 Å². The van der Waals surface area contributed by atoms with Crippen LogP contribution in [-0.4, -0.2) is 5.91 Å². The first-order valence-electron chi connectivity index (χ1n) is 8.95. The number of anilines is 1. The van der Waals surface area contributed by atoms with E-state index in [0.29, 0.717) is 5.69 Å². The molecule has 6 heteroatoms. The largest absolute Gasteiger partial charge is 0.450 e. The molecular weight excluding hydrogens is 437 g/mol. The van der Waals surface area contributed by atoms with E-state index in [0.717, 1.165) is 16.1 Å². The number of hydrogen-bond donors (Lipinski definition) is 0. The number of carbonyl (C=O) groups is 1. The van der Waals surface area contributed by atoms with Crippen LogP contribution in [0.2, 0.25) is 0 Å². The minimum absolute atomic E-state index is 0.0112. The third-order valence-corrected chi connectivity index (χ3v) is 5.53. The Kier molecular flexibility index (Phi) is 4.10.